The van der Waals surface area contributed by atoms with E-state index in [0.29, 0.717) is 47.7 Å². The van der Waals surface area contributed by atoms with Gasteiger partial charge in [0.1, 0.15) is 30.0 Å². The highest BCUT2D eigenvalue weighted by molar-refractivity contribution is 9.10. The van der Waals surface area contributed by atoms with Crippen LogP contribution < -0.4 is 14.8 Å². The molecule has 35 heavy (non-hydrogen) atoms. The highest BCUT2D eigenvalue weighted by atomic mass is 79.9. The molecule has 2 aliphatic heterocycles. The van der Waals surface area contributed by atoms with Crippen molar-refractivity contribution in [1.82, 2.24) is 9.97 Å². The van der Waals surface area contributed by atoms with Crippen molar-refractivity contribution in [1.29, 1.82) is 0 Å². The van der Waals surface area contributed by atoms with Crippen molar-refractivity contribution in [2.45, 2.75) is 23.9 Å². The zero-order valence-corrected chi connectivity index (χ0v) is 21.8. The molecule has 5 rings (SSSR count). The van der Waals surface area contributed by atoms with Crippen LogP contribution in [0.1, 0.15) is 0 Å². The minimum absolute atomic E-state index is 0.292. The quantitative estimate of drug-likeness (QED) is 0.426. The van der Waals surface area contributed by atoms with Crippen LogP contribution in [0.5, 0.6) is 11.5 Å². The maximum absolute atomic E-state index is 6.35. The summed E-state index contributed by atoms with van der Waals surface area (Å²) in [5, 5.41) is 4.66. The van der Waals surface area contributed by atoms with Crippen LogP contribution in [-0.2, 0) is 18.9 Å². The molecule has 2 saturated heterocycles. The summed E-state index contributed by atoms with van der Waals surface area (Å²) in [5.41, 5.74) is 0.826. The molecule has 9 nitrogen and oxygen atoms in total. The maximum atomic E-state index is 6.35. The largest absolute Gasteiger partial charge is 0.493 e. The van der Waals surface area contributed by atoms with Crippen molar-refractivity contribution in [2.75, 3.05) is 46.5 Å². The lowest BCUT2D eigenvalue weighted by molar-refractivity contribution is -0.126. The van der Waals surface area contributed by atoms with Crippen molar-refractivity contribution in [3.8, 4) is 11.5 Å². The number of hydrogen-bond acceptors (Lipinski definition) is 9. The summed E-state index contributed by atoms with van der Waals surface area (Å²) in [6.07, 6.45) is 0.563. The van der Waals surface area contributed by atoms with Crippen molar-refractivity contribution in [3.05, 3.63) is 46.2 Å². The Balaban J connectivity index is 1.41. The summed E-state index contributed by atoms with van der Waals surface area (Å²) in [4.78, 5) is 8.84. The fourth-order valence-electron chi connectivity index (χ4n) is 4.54. The number of aromatic nitrogens is 2. The Bertz CT molecular complexity index is 1230. The van der Waals surface area contributed by atoms with Gasteiger partial charge < -0.3 is 33.7 Å². The van der Waals surface area contributed by atoms with Gasteiger partial charge in [-0.05, 0) is 40.2 Å². The van der Waals surface area contributed by atoms with Gasteiger partial charge in [0.15, 0.2) is 17.6 Å². The molecule has 0 bridgehead atoms. The van der Waals surface area contributed by atoms with Gasteiger partial charge in [0.2, 0.25) is 0 Å². The van der Waals surface area contributed by atoms with Gasteiger partial charge in [0.05, 0.1) is 37.5 Å². The summed E-state index contributed by atoms with van der Waals surface area (Å²) in [5.74, 6) is 1.70. The second kappa shape index (κ2) is 10.0. The lowest BCUT2D eigenvalue weighted by atomic mass is 9.96. The van der Waals surface area contributed by atoms with Gasteiger partial charge in [-0.1, -0.05) is 11.6 Å². The first kappa shape index (κ1) is 24.5. The van der Waals surface area contributed by atoms with E-state index in [0.717, 1.165) is 15.5 Å². The van der Waals surface area contributed by atoms with Crippen LogP contribution in [-0.4, -0.2) is 75.0 Å². The molecule has 1 unspecified atom stereocenters. The Hall–Kier alpha value is -2.21. The van der Waals surface area contributed by atoms with Gasteiger partial charge >= 0.3 is 0 Å². The third-order valence-electron chi connectivity index (χ3n) is 6.32. The number of methoxy groups -OCH3 is 3. The van der Waals surface area contributed by atoms with Gasteiger partial charge in [-0.15, -0.1) is 0 Å². The van der Waals surface area contributed by atoms with Crippen LogP contribution in [0.15, 0.2) is 41.1 Å². The first-order chi connectivity index (χ1) is 17.0. The molecule has 0 spiro atoms. The Morgan fingerprint density at radius 2 is 2.00 bits per heavy atom. The van der Waals surface area contributed by atoms with E-state index < -0.39 is 5.60 Å². The molecular formula is C24H25BrClN3O6. The van der Waals surface area contributed by atoms with Crippen LogP contribution in [0.3, 0.4) is 0 Å². The summed E-state index contributed by atoms with van der Waals surface area (Å²) < 4.78 is 36.0. The number of nitrogens with zero attached hydrogens (tertiary/aromatic N) is 2. The molecule has 186 valence electrons. The first-order valence-electron chi connectivity index (χ1n) is 11.0. The molecule has 2 fully saturated rings. The fourth-order valence-corrected chi connectivity index (χ4v) is 4.97. The Labute approximate surface area is 216 Å². The standard InChI is InChI=1S/C24H25BrClN3O6/c1-30-10-24(32-3)11-34-21-20(9-33-22(21)24)35-19-8-17-14(7-18(19)31-2)23(28-12-27-17)29-13-4-5-15(25)16(26)6-13/h4-8,12,20-22H,9-11H2,1-3H3,(H,27,28,29)/t20?,21-,22+,24+/m0/s1. The molecule has 3 heterocycles. The maximum Gasteiger partial charge on any atom is 0.164 e. The summed E-state index contributed by atoms with van der Waals surface area (Å²) >= 11 is 9.64. The van der Waals surface area contributed by atoms with Crippen molar-refractivity contribution < 1.29 is 28.4 Å². The van der Waals surface area contributed by atoms with E-state index in [9.17, 15) is 0 Å². The van der Waals surface area contributed by atoms with Gasteiger partial charge in [-0.25, -0.2) is 9.97 Å². The predicted octanol–water partition coefficient (Wildman–Crippen LogP) is 4.37. The minimum atomic E-state index is -0.658. The van der Waals surface area contributed by atoms with E-state index in [1.807, 2.05) is 30.3 Å². The average molecular weight is 567 g/mol. The molecule has 11 heteroatoms. The lowest BCUT2D eigenvalue weighted by Crippen LogP contribution is -2.49. The molecule has 3 aromatic rings. The van der Waals surface area contributed by atoms with Gasteiger partial charge in [-0.3, -0.25) is 0 Å². The van der Waals surface area contributed by atoms with E-state index >= 15 is 0 Å². The van der Waals surface area contributed by atoms with Crippen LogP contribution in [0.2, 0.25) is 5.02 Å². The van der Waals surface area contributed by atoms with Crippen LogP contribution in [0.4, 0.5) is 11.5 Å². The van der Waals surface area contributed by atoms with Gasteiger partial charge in [0, 0.05) is 35.8 Å². The van der Waals surface area contributed by atoms with E-state index in [1.54, 1.807) is 21.3 Å². The Morgan fingerprint density at radius 3 is 2.74 bits per heavy atom. The first-order valence-corrected chi connectivity index (χ1v) is 12.1. The molecule has 1 N–H and O–H groups in total. The van der Waals surface area contributed by atoms with E-state index in [-0.39, 0.29) is 18.3 Å². The molecule has 0 amide bonds. The third-order valence-corrected chi connectivity index (χ3v) is 7.55. The molecule has 0 saturated carbocycles. The van der Waals surface area contributed by atoms with Crippen molar-refractivity contribution >= 4 is 49.9 Å². The summed E-state index contributed by atoms with van der Waals surface area (Å²) in [6, 6.07) is 9.27. The SMILES string of the molecule is COC[C@@]1(OC)CO[C@H]2C(Oc3cc4ncnc(Nc5ccc(Br)c(Cl)c5)c4cc3OC)CO[C@H]21. The molecule has 1 aromatic heterocycles. The number of rotatable bonds is 8. The molecule has 2 aromatic carbocycles. The third kappa shape index (κ3) is 4.54. The summed E-state index contributed by atoms with van der Waals surface area (Å²) in [6.45, 7) is 1.09. The number of hydrogen-bond donors (Lipinski definition) is 1. The summed E-state index contributed by atoms with van der Waals surface area (Å²) in [7, 11) is 4.86. The second-order valence-corrected chi connectivity index (χ2v) is 9.65. The number of halogens is 2. The van der Waals surface area contributed by atoms with Crippen molar-refractivity contribution in [3.63, 3.8) is 0 Å². The average Bonchev–Trinajstić information content (AvgIpc) is 3.43. The van der Waals surface area contributed by atoms with E-state index in [2.05, 4.69) is 31.2 Å². The predicted molar refractivity (Wildman–Crippen MR) is 134 cm³/mol. The molecule has 0 aliphatic carbocycles. The number of benzene rings is 2. The van der Waals surface area contributed by atoms with E-state index in [1.165, 1.54) is 6.33 Å². The number of nitrogens with one attached hydrogen (secondary N) is 1. The lowest BCUT2D eigenvalue weighted by Gasteiger charge is -2.30. The normalized spacial score (nSPS) is 25.6. The fraction of sp³-hybridized carbons (Fsp3) is 0.417. The zero-order chi connectivity index (χ0) is 24.6. The molecule has 0 radical (unpaired) electrons. The zero-order valence-electron chi connectivity index (χ0n) is 19.4. The van der Waals surface area contributed by atoms with Gasteiger partial charge in [0.25, 0.3) is 0 Å². The van der Waals surface area contributed by atoms with Crippen LogP contribution >= 0.6 is 27.5 Å². The van der Waals surface area contributed by atoms with Crippen molar-refractivity contribution in [2.24, 2.45) is 0 Å². The van der Waals surface area contributed by atoms with Crippen LogP contribution in [0, 0.1) is 0 Å². The number of ether oxygens (including phenoxy) is 6. The second-order valence-electron chi connectivity index (χ2n) is 8.38. The van der Waals surface area contributed by atoms with Gasteiger partial charge in [-0.2, -0.15) is 0 Å². The van der Waals surface area contributed by atoms with E-state index in [4.69, 9.17) is 40.0 Å². The Morgan fingerprint density at radius 1 is 1.14 bits per heavy atom. The number of fused-ring (bicyclic) bond motifs is 2. The highest BCUT2D eigenvalue weighted by Crippen LogP contribution is 2.41. The minimum Gasteiger partial charge on any atom is -0.493 e. The highest BCUT2D eigenvalue weighted by Gasteiger charge is 2.58. The monoisotopic (exact) mass is 565 g/mol. The molecule has 2 aliphatic rings. The number of anilines is 2. The van der Waals surface area contributed by atoms with Crippen LogP contribution in [0.25, 0.3) is 10.9 Å². The Kier molecular flexibility index (Phi) is 7.02. The topological polar surface area (TPSA) is 93.2 Å². The smallest absolute Gasteiger partial charge is 0.164 e. The molecule has 4 atom stereocenters. The molecular weight excluding hydrogens is 542 g/mol.